The monoisotopic (exact) mass is 284 g/mol. The minimum Gasteiger partial charge on any atom is -0.465 e. The first-order valence-electron chi connectivity index (χ1n) is 6.54. The van der Waals surface area contributed by atoms with E-state index in [1.54, 1.807) is 0 Å². The Kier molecular flexibility index (Phi) is 4.32. The molecule has 0 aromatic rings. The number of rotatable bonds is 2. The molecule has 0 radical (unpaired) electrons. The van der Waals surface area contributed by atoms with E-state index in [0.29, 0.717) is 6.54 Å². The van der Waals surface area contributed by atoms with Crippen LogP contribution in [0.4, 0.5) is 4.79 Å². The Balaban J connectivity index is 3.07. The number of carboxylic acid groups (broad SMARTS) is 1. The van der Waals surface area contributed by atoms with Crippen molar-refractivity contribution in [1.82, 2.24) is 4.90 Å². The van der Waals surface area contributed by atoms with Crippen molar-refractivity contribution >= 4 is 14.4 Å². The van der Waals surface area contributed by atoms with Crippen molar-refractivity contribution in [3.63, 3.8) is 0 Å². The molecule has 1 N–H and O–H groups in total. The molecule has 19 heavy (non-hydrogen) atoms. The minimum atomic E-state index is -1.80. The Morgan fingerprint density at radius 1 is 1.42 bits per heavy atom. The number of nitrogens with zero attached hydrogens (tertiary/aromatic N) is 2. The molecule has 1 aliphatic rings. The number of nitriles is 1. The van der Waals surface area contributed by atoms with Gasteiger partial charge in [0.15, 0.2) is 8.32 Å². The highest BCUT2D eigenvalue weighted by Crippen LogP contribution is 2.38. The lowest BCUT2D eigenvalue weighted by Gasteiger charge is -2.35. The van der Waals surface area contributed by atoms with Gasteiger partial charge in [-0.25, -0.2) is 4.79 Å². The van der Waals surface area contributed by atoms with Crippen LogP contribution in [-0.4, -0.2) is 43.1 Å². The minimum absolute atomic E-state index is 0.281. The topological polar surface area (TPSA) is 73.6 Å². The summed E-state index contributed by atoms with van der Waals surface area (Å²) in [5.41, 5.74) is -0.281. The van der Waals surface area contributed by atoms with Gasteiger partial charge in [0, 0.05) is 0 Å². The van der Waals surface area contributed by atoms with Gasteiger partial charge in [-0.05, 0) is 25.1 Å². The van der Waals surface area contributed by atoms with Crippen molar-refractivity contribution in [3.05, 3.63) is 0 Å². The molecule has 0 aliphatic carbocycles. The van der Waals surface area contributed by atoms with E-state index in [0.717, 1.165) is 0 Å². The van der Waals surface area contributed by atoms with Gasteiger partial charge in [-0.15, -0.1) is 0 Å². The average molecular weight is 284 g/mol. The molecule has 1 heterocycles. The van der Waals surface area contributed by atoms with Crippen LogP contribution in [0.15, 0.2) is 0 Å². The van der Waals surface area contributed by atoms with Gasteiger partial charge in [-0.3, -0.25) is 0 Å². The summed E-state index contributed by atoms with van der Waals surface area (Å²) < 4.78 is 6.02. The second-order valence-electron chi connectivity index (χ2n) is 7.17. The molecule has 1 fully saturated rings. The first kappa shape index (κ1) is 16.0. The number of amides is 1. The van der Waals surface area contributed by atoms with Crippen LogP contribution in [0.3, 0.4) is 0 Å². The summed E-state index contributed by atoms with van der Waals surface area (Å²) in [4.78, 5) is 12.8. The van der Waals surface area contributed by atoms with Gasteiger partial charge < -0.3 is 14.4 Å². The Labute approximate surface area is 116 Å². The molecule has 5 nitrogen and oxygen atoms in total. The van der Waals surface area contributed by atoms with Crippen molar-refractivity contribution in [2.75, 3.05) is 6.54 Å². The van der Waals surface area contributed by atoms with Crippen LogP contribution >= 0.6 is 0 Å². The predicted octanol–water partition coefficient (Wildman–Crippen LogP) is 2.75. The fourth-order valence-corrected chi connectivity index (χ4v) is 3.87. The van der Waals surface area contributed by atoms with Crippen LogP contribution in [0.2, 0.25) is 19.6 Å². The fourth-order valence-electron chi connectivity index (χ4n) is 2.74. The van der Waals surface area contributed by atoms with Crippen LogP contribution in [0, 0.1) is 22.7 Å². The molecule has 1 rings (SSSR count). The van der Waals surface area contributed by atoms with Crippen molar-refractivity contribution in [1.29, 1.82) is 5.26 Å². The molecule has 108 valence electrons. The number of carbonyl (C=O) groups is 1. The maximum absolute atomic E-state index is 11.4. The first-order chi connectivity index (χ1) is 8.47. The summed E-state index contributed by atoms with van der Waals surface area (Å²) in [7, 11) is -1.80. The molecule has 3 atom stereocenters. The summed E-state index contributed by atoms with van der Waals surface area (Å²) in [6.07, 6.45) is -1.28. The molecule has 0 saturated carbocycles. The molecule has 0 aromatic heterocycles. The van der Waals surface area contributed by atoms with E-state index < -0.39 is 20.3 Å². The lowest BCUT2D eigenvalue weighted by Crippen LogP contribution is -2.45. The molecular formula is C13H24N2O3Si. The normalized spacial score (nSPS) is 28.3. The highest BCUT2D eigenvalue weighted by molar-refractivity contribution is 6.69. The fraction of sp³-hybridized carbons (Fsp3) is 0.846. The average Bonchev–Trinajstić information content (AvgIpc) is 2.53. The Bertz CT molecular complexity index is 392. The SMILES string of the molecule is CC(C)(C)C1C(C#N)C(O[Si](C)(C)C)CN1C(=O)O. The zero-order valence-electron chi connectivity index (χ0n) is 12.6. The highest BCUT2D eigenvalue weighted by Gasteiger charge is 2.50. The van der Waals surface area contributed by atoms with Crippen molar-refractivity contribution < 1.29 is 14.3 Å². The maximum Gasteiger partial charge on any atom is 0.407 e. The maximum atomic E-state index is 11.4. The van der Waals surface area contributed by atoms with E-state index in [1.807, 2.05) is 20.8 Å². The van der Waals surface area contributed by atoms with Crippen molar-refractivity contribution in [3.8, 4) is 6.07 Å². The molecule has 0 bridgehead atoms. The van der Waals surface area contributed by atoms with Crippen LogP contribution in [0.5, 0.6) is 0 Å². The number of hydrogen-bond donors (Lipinski definition) is 1. The van der Waals surface area contributed by atoms with E-state index in [4.69, 9.17) is 4.43 Å². The Morgan fingerprint density at radius 3 is 2.26 bits per heavy atom. The first-order valence-corrected chi connectivity index (χ1v) is 9.95. The third-order valence-corrected chi connectivity index (χ3v) is 4.25. The molecular weight excluding hydrogens is 260 g/mol. The Hall–Kier alpha value is -1.06. The van der Waals surface area contributed by atoms with Crippen LogP contribution in [-0.2, 0) is 4.43 Å². The van der Waals surface area contributed by atoms with E-state index in [9.17, 15) is 15.2 Å². The molecule has 0 aromatic carbocycles. The second-order valence-corrected chi connectivity index (χ2v) is 11.6. The summed E-state index contributed by atoms with van der Waals surface area (Å²) in [5.74, 6) is -0.400. The van der Waals surface area contributed by atoms with Gasteiger partial charge in [0.1, 0.15) is 0 Å². The van der Waals surface area contributed by atoms with E-state index >= 15 is 0 Å². The second kappa shape index (κ2) is 5.14. The van der Waals surface area contributed by atoms with E-state index in [2.05, 4.69) is 25.7 Å². The van der Waals surface area contributed by atoms with Crippen molar-refractivity contribution in [2.45, 2.75) is 52.6 Å². The molecule has 1 saturated heterocycles. The van der Waals surface area contributed by atoms with Gasteiger partial charge in [0.05, 0.1) is 30.7 Å². The smallest absolute Gasteiger partial charge is 0.407 e. The van der Waals surface area contributed by atoms with Gasteiger partial charge in [0.2, 0.25) is 0 Å². The summed E-state index contributed by atoms with van der Waals surface area (Å²) in [5, 5.41) is 18.8. The number of hydrogen-bond acceptors (Lipinski definition) is 3. The summed E-state index contributed by atoms with van der Waals surface area (Å²) >= 11 is 0. The molecule has 6 heteroatoms. The van der Waals surface area contributed by atoms with Crippen LogP contribution in [0.1, 0.15) is 20.8 Å². The molecule has 0 spiro atoms. The van der Waals surface area contributed by atoms with Gasteiger partial charge in [-0.2, -0.15) is 5.26 Å². The van der Waals surface area contributed by atoms with Gasteiger partial charge >= 0.3 is 6.09 Å². The third-order valence-electron chi connectivity index (χ3n) is 3.24. The summed E-state index contributed by atoms with van der Waals surface area (Å²) in [6.45, 7) is 12.4. The predicted molar refractivity (Wildman–Crippen MR) is 75.3 cm³/mol. The molecule has 3 unspecified atom stereocenters. The number of likely N-dealkylation sites (tertiary alicyclic amines) is 1. The summed E-state index contributed by atoms with van der Waals surface area (Å²) in [6, 6.07) is 1.95. The zero-order chi connectivity index (χ0) is 15.0. The van der Waals surface area contributed by atoms with Crippen LogP contribution in [0.25, 0.3) is 0 Å². The lowest BCUT2D eigenvalue weighted by molar-refractivity contribution is 0.0985. The standard InChI is InChI=1S/C13H24N2O3Si/c1-13(2,3)11-9(7-14)10(18-19(4,5)6)8-15(11)12(16)17/h9-11H,8H2,1-6H3,(H,16,17). The van der Waals surface area contributed by atoms with Crippen molar-refractivity contribution in [2.24, 2.45) is 11.3 Å². The van der Waals surface area contributed by atoms with E-state index in [-0.39, 0.29) is 17.6 Å². The van der Waals surface area contributed by atoms with Crippen LogP contribution < -0.4 is 0 Å². The zero-order valence-corrected chi connectivity index (χ0v) is 13.6. The Morgan fingerprint density at radius 2 is 1.95 bits per heavy atom. The molecule has 1 amide bonds. The van der Waals surface area contributed by atoms with Gasteiger partial charge in [0.25, 0.3) is 0 Å². The lowest BCUT2D eigenvalue weighted by atomic mass is 9.79. The highest BCUT2D eigenvalue weighted by atomic mass is 28.4. The third kappa shape index (κ3) is 3.70. The van der Waals surface area contributed by atoms with Gasteiger partial charge in [-0.1, -0.05) is 20.8 Å². The molecule has 1 aliphatic heterocycles. The largest absolute Gasteiger partial charge is 0.465 e. The quantitative estimate of drug-likeness (QED) is 0.791. The van der Waals surface area contributed by atoms with E-state index in [1.165, 1.54) is 4.90 Å².